The smallest absolute Gasteiger partial charge is 0.223 e. The van der Waals surface area contributed by atoms with E-state index in [9.17, 15) is 4.79 Å². The van der Waals surface area contributed by atoms with Gasteiger partial charge in [0, 0.05) is 6.54 Å². The Kier molecular flexibility index (Phi) is 5.49. The number of nitrogens with one attached hydrogen (secondary N) is 1. The molecule has 0 aliphatic rings. The van der Waals surface area contributed by atoms with Crippen molar-refractivity contribution in [1.82, 2.24) is 5.32 Å². The van der Waals surface area contributed by atoms with E-state index in [2.05, 4.69) is 5.32 Å². The maximum atomic E-state index is 11.2. The van der Waals surface area contributed by atoms with E-state index in [1.54, 1.807) is 0 Å². The molecule has 0 saturated heterocycles. The summed E-state index contributed by atoms with van der Waals surface area (Å²) in [5, 5.41) is 11.1. The number of aliphatic hydroxyl groups excluding tert-OH is 1. The number of benzene rings is 1. The van der Waals surface area contributed by atoms with Gasteiger partial charge in [0.25, 0.3) is 0 Å². The molecule has 1 aromatic carbocycles. The third kappa shape index (κ3) is 4.87. The summed E-state index contributed by atoms with van der Waals surface area (Å²) in [7, 11) is 0. The summed E-state index contributed by atoms with van der Waals surface area (Å²) in [5.41, 5.74) is 2.39. The van der Waals surface area contributed by atoms with Gasteiger partial charge in [-0.3, -0.25) is 4.79 Å². The first-order valence-electron chi connectivity index (χ1n) is 5.71. The van der Waals surface area contributed by atoms with E-state index >= 15 is 0 Å². The van der Waals surface area contributed by atoms with Crippen molar-refractivity contribution in [2.24, 2.45) is 0 Å². The molecule has 2 N–H and O–H groups in total. The maximum absolute atomic E-state index is 11.2. The van der Waals surface area contributed by atoms with E-state index < -0.39 is 0 Å². The van der Waals surface area contributed by atoms with E-state index in [1.807, 2.05) is 32.0 Å². The van der Waals surface area contributed by atoms with Crippen molar-refractivity contribution >= 4 is 5.91 Å². The minimum absolute atomic E-state index is 0.0379. The highest BCUT2D eigenvalue weighted by molar-refractivity contribution is 5.75. The zero-order valence-electron chi connectivity index (χ0n) is 10.3. The Morgan fingerprint density at radius 3 is 2.76 bits per heavy atom. The lowest BCUT2D eigenvalue weighted by atomic mass is 10.1. The van der Waals surface area contributed by atoms with Gasteiger partial charge in [0.05, 0.1) is 19.6 Å². The Morgan fingerprint density at radius 2 is 2.12 bits per heavy atom. The third-order valence-corrected chi connectivity index (χ3v) is 2.51. The second-order valence-corrected chi connectivity index (χ2v) is 3.92. The standard InChI is InChI=1S/C13H19NO3/c1-10-3-4-12(9-11(10)2)17-8-5-13(16)14-6-7-15/h3-4,9,15H,5-8H2,1-2H3,(H,14,16). The van der Waals surface area contributed by atoms with Crippen molar-refractivity contribution in [2.75, 3.05) is 19.8 Å². The van der Waals surface area contributed by atoms with Crippen molar-refractivity contribution in [3.05, 3.63) is 29.3 Å². The predicted octanol–water partition coefficient (Wildman–Crippen LogP) is 1.18. The summed E-state index contributed by atoms with van der Waals surface area (Å²) < 4.78 is 5.47. The van der Waals surface area contributed by atoms with Crippen LogP contribution in [0.15, 0.2) is 18.2 Å². The summed E-state index contributed by atoms with van der Waals surface area (Å²) in [6, 6.07) is 5.85. The molecule has 0 heterocycles. The van der Waals surface area contributed by atoms with Crippen LogP contribution >= 0.6 is 0 Å². The Balaban J connectivity index is 2.30. The second-order valence-electron chi connectivity index (χ2n) is 3.92. The first-order valence-corrected chi connectivity index (χ1v) is 5.71. The Morgan fingerprint density at radius 1 is 1.35 bits per heavy atom. The van der Waals surface area contributed by atoms with Crippen molar-refractivity contribution in [3.63, 3.8) is 0 Å². The van der Waals surface area contributed by atoms with Gasteiger partial charge in [-0.25, -0.2) is 0 Å². The molecular formula is C13H19NO3. The largest absolute Gasteiger partial charge is 0.493 e. The zero-order valence-corrected chi connectivity index (χ0v) is 10.3. The van der Waals surface area contributed by atoms with Gasteiger partial charge in [-0.15, -0.1) is 0 Å². The number of aliphatic hydroxyl groups is 1. The molecule has 4 heteroatoms. The number of carbonyl (C=O) groups excluding carboxylic acids is 1. The Labute approximate surface area is 102 Å². The number of amides is 1. The zero-order chi connectivity index (χ0) is 12.7. The molecule has 0 saturated carbocycles. The number of hydrogen-bond donors (Lipinski definition) is 2. The molecule has 0 aliphatic carbocycles. The first-order chi connectivity index (χ1) is 8.13. The van der Waals surface area contributed by atoms with Crippen LogP contribution in [0.5, 0.6) is 5.75 Å². The fraction of sp³-hybridized carbons (Fsp3) is 0.462. The molecule has 0 aromatic heterocycles. The molecule has 4 nitrogen and oxygen atoms in total. The van der Waals surface area contributed by atoms with Crippen LogP contribution in [0, 0.1) is 13.8 Å². The minimum atomic E-state index is -0.108. The van der Waals surface area contributed by atoms with Crippen LogP contribution in [-0.2, 0) is 4.79 Å². The third-order valence-electron chi connectivity index (χ3n) is 2.51. The highest BCUT2D eigenvalue weighted by Gasteiger charge is 2.01. The van der Waals surface area contributed by atoms with Gasteiger partial charge >= 0.3 is 0 Å². The van der Waals surface area contributed by atoms with Gasteiger partial charge in [0.15, 0.2) is 0 Å². The van der Waals surface area contributed by atoms with Crippen LogP contribution in [0.4, 0.5) is 0 Å². The second kappa shape index (κ2) is 6.91. The van der Waals surface area contributed by atoms with Gasteiger partial charge < -0.3 is 15.2 Å². The van der Waals surface area contributed by atoms with E-state index in [0.29, 0.717) is 19.6 Å². The molecule has 0 atom stereocenters. The molecule has 0 radical (unpaired) electrons. The lowest BCUT2D eigenvalue weighted by molar-refractivity contribution is -0.121. The van der Waals surface area contributed by atoms with Crippen LogP contribution < -0.4 is 10.1 Å². The van der Waals surface area contributed by atoms with E-state index in [0.717, 1.165) is 5.75 Å². The molecule has 94 valence electrons. The number of carbonyl (C=O) groups is 1. The summed E-state index contributed by atoms with van der Waals surface area (Å²) in [5.74, 6) is 0.672. The Bertz CT molecular complexity index is 377. The van der Waals surface area contributed by atoms with Gasteiger partial charge in [-0.2, -0.15) is 0 Å². The summed E-state index contributed by atoms with van der Waals surface area (Å²) in [6.07, 6.45) is 0.299. The van der Waals surface area contributed by atoms with E-state index in [-0.39, 0.29) is 12.5 Å². The average Bonchev–Trinajstić information content (AvgIpc) is 2.31. The minimum Gasteiger partial charge on any atom is -0.493 e. The number of hydrogen-bond acceptors (Lipinski definition) is 3. The molecule has 17 heavy (non-hydrogen) atoms. The fourth-order valence-electron chi connectivity index (χ4n) is 1.35. The van der Waals surface area contributed by atoms with Gasteiger partial charge in [0.1, 0.15) is 5.75 Å². The first kappa shape index (κ1) is 13.5. The van der Waals surface area contributed by atoms with E-state index in [4.69, 9.17) is 9.84 Å². The number of aryl methyl sites for hydroxylation is 2. The highest BCUT2D eigenvalue weighted by atomic mass is 16.5. The van der Waals surface area contributed by atoms with Crippen LogP contribution in [0.2, 0.25) is 0 Å². The van der Waals surface area contributed by atoms with Gasteiger partial charge in [0.2, 0.25) is 5.91 Å². The topological polar surface area (TPSA) is 58.6 Å². The van der Waals surface area contributed by atoms with Crippen molar-refractivity contribution in [3.8, 4) is 5.75 Å². The lowest BCUT2D eigenvalue weighted by Crippen LogP contribution is -2.27. The maximum Gasteiger partial charge on any atom is 0.223 e. The Hall–Kier alpha value is -1.55. The van der Waals surface area contributed by atoms with Crippen LogP contribution in [0.25, 0.3) is 0 Å². The molecule has 1 amide bonds. The fourth-order valence-corrected chi connectivity index (χ4v) is 1.35. The molecule has 0 aliphatic heterocycles. The SMILES string of the molecule is Cc1ccc(OCCC(=O)NCCO)cc1C. The highest BCUT2D eigenvalue weighted by Crippen LogP contribution is 2.16. The molecular weight excluding hydrogens is 218 g/mol. The van der Waals surface area contributed by atoms with Crippen molar-refractivity contribution in [1.29, 1.82) is 0 Å². The summed E-state index contributed by atoms with van der Waals surface area (Å²) in [4.78, 5) is 11.2. The lowest BCUT2D eigenvalue weighted by Gasteiger charge is -2.08. The normalized spacial score (nSPS) is 10.1. The predicted molar refractivity (Wildman–Crippen MR) is 66.1 cm³/mol. The molecule has 0 spiro atoms. The quantitative estimate of drug-likeness (QED) is 0.781. The molecule has 0 unspecified atom stereocenters. The molecule has 0 bridgehead atoms. The molecule has 1 aromatic rings. The van der Waals surface area contributed by atoms with Gasteiger partial charge in [-0.1, -0.05) is 6.07 Å². The van der Waals surface area contributed by atoms with E-state index in [1.165, 1.54) is 11.1 Å². The number of rotatable bonds is 6. The van der Waals surface area contributed by atoms with Crippen molar-refractivity contribution in [2.45, 2.75) is 20.3 Å². The average molecular weight is 237 g/mol. The summed E-state index contributed by atoms with van der Waals surface area (Å²) >= 11 is 0. The van der Waals surface area contributed by atoms with Crippen LogP contribution in [-0.4, -0.2) is 30.8 Å². The molecule has 0 fully saturated rings. The van der Waals surface area contributed by atoms with Crippen LogP contribution in [0.1, 0.15) is 17.5 Å². The van der Waals surface area contributed by atoms with Gasteiger partial charge in [-0.05, 0) is 37.1 Å². The van der Waals surface area contributed by atoms with Crippen LogP contribution in [0.3, 0.4) is 0 Å². The van der Waals surface area contributed by atoms with Crippen molar-refractivity contribution < 1.29 is 14.6 Å². The number of ether oxygens (including phenoxy) is 1. The monoisotopic (exact) mass is 237 g/mol. The summed E-state index contributed by atoms with van der Waals surface area (Å²) in [6.45, 7) is 4.67. The molecule has 1 rings (SSSR count).